The number of oxime groups is 1. The fourth-order valence-electron chi connectivity index (χ4n) is 4.56. The van der Waals surface area contributed by atoms with Crippen molar-refractivity contribution in [2.75, 3.05) is 18.0 Å². The van der Waals surface area contributed by atoms with Gasteiger partial charge in [-0.1, -0.05) is 10.3 Å². The lowest BCUT2D eigenvalue weighted by Crippen LogP contribution is -2.71. The highest BCUT2D eigenvalue weighted by atomic mass is 32.2. The highest BCUT2D eigenvalue weighted by molar-refractivity contribution is 8.00. The number of carbonyl (C=O) groups excluding carboxylic acids is 4. The van der Waals surface area contributed by atoms with Crippen LogP contribution < -0.4 is 22.1 Å². The molecular formula is C25H26N8O8S2. The van der Waals surface area contributed by atoms with Crippen molar-refractivity contribution >= 4 is 69.1 Å². The summed E-state index contributed by atoms with van der Waals surface area (Å²) >= 11 is 2.23. The number of hydrogen-bond donors (Lipinski definition) is 5. The van der Waals surface area contributed by atoms with Crippen LogP contribution >= 0.6 is 23.1 Å². The van der Waals surface area contributed by atoms with Gasteiger partial charge in [0.15, 0.2) is 10.8 Å². The first-order valence-electron chi connectivity index (χ1n) is 12.7. The second kappa shape index (κ2) is 11.2. The number of nitrogen functional groups attached to an aromatic ring is 1. The van der Waals surface area contributed by atoms with E-state index < -0.39 is 40.7 Å². The summed E-state index contributed by atoms with van der Waals surface area (Å²) in [6.07, 6.45) is 0.328. The lowest BCUT2D eigenvalue weighted by Gasteiger charge is -2.49. The number of carbonyl (C=O) groups is 5. The van der Waals surface area contributed by atoms with Gasteiger partial charge >= 0.3 is 5.97 Å². The SMILES string of the molecule is Cc1cc(C(=C2CCNC2=O)C2=C(C(=O)O)N3C(=O)[C@@H](NC(=O)C(=NOC(C)(C)C(N)=O)c4csc(N)n4)[C@H]3SC2)no1. The first-order valence-corrected chi connectivity index (χ1v) is 14.7. The average Bonchev–Trinajstić information content (AvgIpc) is 3.69. The number of β-lactam (4-membered cyclic amide) rings is 1. The van der Waals surface area contributed by atoms with Crippen molar-refractivity contribution in [3.8, 4) is 0 Å². The predicted octanol–water partition coefficient (Wildman–Crippen LogP) is -0.281. The number of anilines is 1. The van der Waals surface area contributed by atoms with E-state index in [4.69, 9.17) is 20.8 Å². The molecule has 0 bridgehead atoms. The Balaban J connectivity index is 1.46. The van der Waals surface area contributed by atoms with Gasteiger partial charge in [0, 0.05) is 40.5 Å². The van der Waals surface area contributed by atoms with E-state index in [2.05, 4.69) is 25.9 Å². The number of aromatic nitrogens is 2. The van der Waals surface area contributed by atoms with Crippen molar-refractivity contribution in [3.05, 3.63) is 45.4 Å². The van der Waals surface area contributed by atoms with Gasteiger partial charge in [-0.15, -0.1) is 23.1 Å². The van der Waals surface area contributed by atoms with Crippen LogP contribution in [-0.2, 0) is 28.8 Å². The standard InChI is InChI=1S/C25H26N8O8S2/c1-9-6-12(31-40-9)14(10-4-5-28-18(10)34)11-7-42-21-16(20(36)33(21)17(11)22(37)38)30-19(35)15(13-8-43-24(27)29-13)32-41-25(2,3)23(26)39/h6,8,16,21H,4-5,7H2,1-3H3,(H2,26,39)(H2,27,29)(H,28,34)(H,30,35)(H,37,38)/t16-,21-/m1/s1. The zero-order valence-corrected chi connectivity index (χ0v) is 24.6. The van der Waals surface area contributed by atoms with Crippen LogP contribution in [0, 0.1) is 6.92 Å². The highest BCUT2D eigenvalue weighted by Gasteiger charge is 2.55. The summed E-state index contributed by atoms with van der Waals surface area (Å²) in [5.74, 6) is -3.64. The molecule has 7 N–H and O–H groups in total. The van der Waals surface area contributed by atoms with E-state index in [1.807, 2.05) is 0 Å². The molecule has 0 aliphatic carbocycles. The molecule has 226 valence electrons. The molecule has 4 amide bonds. The Morgan fingerprint density at radius 1 is 1.30 bits per heavy atom. The molecule has 5 rings (SSSR count). The number of thiazole rings is 1. The number of nitrogens with one attached hydrogen (secondary N) is 2. The van der Waals surface area contributed by atoms with E-state index >= 15 is 0 Å². The van der Waals surface area contributed by atoms with Crippen molar-refractivity contribution < 1.29 is 38.4 Å². The zero-order chi connectivity index (χ0) is 31.2. The Labute approximate surface area is 251 Å². The molecular weight excluding hydrogens is 604 g/mol. The van der Waals surface area contributed by atoms with Crippen LogP contribution in [0.3, 0.4) is 0 Å². The number of fused-ring (bicyclic) bond motifs is 1. The van der Waals surface area contributed by atoms with Crippen LogP contribution in [0.4, 0.5) is 5.13 Å². The maximum Gasteiger partial charge on any atom is 0.352 e. The number of allylic oxidation sites excluding steroid dienone is 1. The molecule has 2 atom stereocenters. The van der Waals surface area contributed by atoms with Crippen LogP contribution in [0.2, 0.25) is 0 Å². The normalized spacial score (nSPS) is 21.7. The van der Waals surface area contributed by atoms with E-state index in [-0.39, 0.29) is 45.2 Å². The molecule has 5 heterocycles. The van der Waals surface area contributed by atoms with Crippen LogP contribution in [0.15, 0.2) is 38.0 Å². The van der Waals surface area contributed by atoms with E-state index in [0.717, 1.165) is 16.2 Å². The van der Waals surface area contributed by atoms with E-state index in [1.54, 1.807) is 13.0 Å². The molecule has 0 unspecified atom stereocenters. The third-order valence-corrected chi connectivity index (χ3v) is 8.77. The van der Waals surface area contributed by atoms with Gasteiger partial charge in [0.1, 0.15) is 34.3 Å². The number of amides is 4. The van der Waals surface area contributed by atoms with Gasteiger partial charge in [0.25, 0.3) is 17.7 Å². The average molecular weight is 631 g/mol. The highest BCUT2D eigenvalue weighted by Crippen LogP contribution is 2.45. The van der Waals surface area contributed by atoms with Gasteiger partial charge < -0.3 is 36.6 Å². The number of aryl methyl sites for hydroxylation is 1. The second-order valence-electron chi connectivity index (χ2n) is 10.2. The molecule has 0 radical (unpaired) electrons. The minimum atomic E-state index is -1.57. The van der Waals surface area contributed by atoms with Gasteiger partial charge in [0.2, 0.25) is 11.5 Å². The lowest BCUT2D eigenvalue weighted by atomic mass is 9.92. The van der Waals surface area contributed by atoms with Gasteiger partial charge in [-0.3, -0.25) is 24.1 Å². The van der Waals surface area contributed by atoms with Crippen molar-refractivity contribution in [2.45, 2.75) is 44.2 Å². The molecule has 3 aliphatic heterocycles. The molecule has 2 aromatic heterocycles. The maximum absolute atomic E-state index is 13.4. The summed E-state index contributed by atoms with van der Waals surface area (Å²) in [5, 5.41) is 24.1. The minimum Gasteiger partial charge on any atom is -0.477 e. The maximum atomic E-state index is 13.4. The Bertz CT molecular complexity index is 1660. The predicted molar refractivity (Wildman–Crippen MR) is 153 cm³/mol. The van der Waals surface area contributed by atoms with Crippen LogP contribution in [0.5, 0.6) is 0 Å². The van der Waals surface area contributed by atoms with Crippen LogP contribution in [-0.4, -0.2) is 84.8 Å². The summed E-state index contributed by atoms with van der Waals surface area (Å²) in [4.78, 5) is 74.0. The number of hydrogen-bond acceptors (Lipinski definition) is 13. The van der Waals surface area contributed by atoms with Crippen molar-refractivity contribution in [3.63, 3.8) is 0 Å². The molecule has 2 saturated heterocycles. The molecule has 2 fully saturated rings. The number of primary amides is 1. The molecule has 3 aliphatic rings. The van der Waals surface area contributed by atoms with Crippen molar-refractivity contribution in [2.24, 2.45) is 10.9 Å². The molecule has 18 heteroatoms. The van der Waals surface area contributed by atoms with Crippen molar-refractivity contribution in [1.82, 2.24) is 25.7 Å². The number of rotatable bonds is 9. The Kier molecular flexibility index (Phi) is 7.74. The van der Waals surface area contributed by atoms with Gasteiger partial charge in [-0.25, -0.2) is 9.78 Å². The smallest absolute Gasteiger partial charge is 0.352 e. The van der Waals surface area contributed by atoms with Gasteiger partial charge in [-0.2, -0.15) is 0 Å². The number of nitrogens with two attached hydrogens (primary N) is 2. The van der Waals surface area contributed by atoms with Gasteiger partial charge in [-0.05, 0) is 27.2 Å². The number of carboxylic acid groups (broad SMARTS) is 1. The second-order valence-corrected chi connectivity index (χ2v) is 12.1. The minimum absolute atomic E-state index is 0.0302. The molecule has 0 spiro atoms. The number of carboxylic acids is 1. The lowest BCUT2D eigenvalue weighted by molar-refractivity contribution is -0.150. The fraction of sp³-hybridized carbons (Fsp3) is 0.360. The van der Waals surface area contributed by atoms with Gasteiger partial charge in [0.05, 0.1) is 0 Å². The zero-order valence-electron chi connectivity index (χ0n) is 23.0. The summed E-state index contributed by atoms with van der Waals surface area (Å²) in [6.45, 7) is 4.74. The van der Waals surface area contributed by atoms with Crippen LogP contribution in [0.25, 0.3) is 5.57 Å². The van der Waals surface area contributed by atoms with E-state index in [0.29, 0.717) is 29.9 Å². The number of aliphatic carboxylic acids is 1. The summed E-state index contributed by atoms with van der Waals surface area (Å²) in [5.41, 5.74) is 9.94. The molecule has 0 aromatic carbocycles. The summed E-state index contributed by atoms with van der Waals surface area (Å²) in [6, 6.07) is 0.449. The Morgan fingerprint density at radius 2 is 2.05 bits per heavy atom. The third-order valence-electron chi connectivity index (χ3n) is 6.82. The monoisotopic (exact) mass is 630 g/mol. The number of nitrogens with zero attached hydrogens (tertiary/aromatic N) is 4. The molecule has 2 aromatic rings. The third kappa shape index (κ3) is 5.45. The summed E-state index contributed by atoms with van der Waals surface area (Å²) in [7, 11) is 0. The first-order chi connectivity index (χ1) is 20.3. The molecule has 0 saturated carbocycles. The topological polar surface area (TPSA) is 245 Å². The quantitative estimate of drug-likeness (QED) is 0.104. The van der Waals surface area contributed by atoms with Crippen LogP contribution in [0.1, 0.15) is 37.4 Å². The molecule has 43 heavy (non-hydrogen) atoms. The largest absolute Gasteiger partial charge is 0.477 e. The van der Waals surface area contributed by atoms with E-state index in [9.17, 15) is 29.1 Å². The fourth-order valence-corrected chi connectivity index (χ4v) is 6.46. The summed E-state index contributed by atoms with van der Waals surface area (Å²) < 4.78 is 5.20. The van der Waals surface area contributed by atoms with E-state index in [1.165, 1.54) is 31.0 Å². The number of thioether (sulfide) groups is 1. The first kappa shape index (κ1) is 29.8. The van der Waals surface area contributed by atoms with Crippen molar-refractivity contribution in [1.29, 1.82) is 0 Å². The molecule has 16 nitrogen and oxygen atoms in total. The Morgan fingerprint density at radius 3 is 2.60 bits per heavy atom. The Hall–Kier alpha value is -4.71.